The molecule has 51 heavy (non-hydrogen) atoms. The lowest BCUT2D eigenvalue weighted by Crippen LogP contribution is -2.52. The molecule has 0 bridgehead atoms. The number of nitrogens with zero attached hydrogens (tertiary/aromatic N) is 2. The van der Waals surface area contributed by atoms with Gasteiger partial charge in [0.2, 0.25) is 5.91 Å². The number of carboxylic acid groups (broad SMARTS) is 1. The minimum Gasteiger partial charge on any atom is -0.493 e. The maximum absolute atomic E-state index is 15.2. The van der Waals surface area contributed by atoms with Crippen molar-refractivity contribution in [3.8, 4) is 27.7 Å². The number of carbonyl (C=O) groups excluding carboxylic acids is 1. The van der Waals surface area contributed by atoms with Gasteiger partial charge in [-0.1, -0.05) is 51.1 Å². The van der Waals surface area contributed by atoms with E-state index in [0.29, 0.717) is 24.6 Å². The number of benzene rings is 3. The Morgan fingerprint density at radius 1 is 1.04 bits per heavy atom. The van der Waals surface area contributed by atoms with Gasteiger partial charge in [-0.25, -0.2) is 9.18 Å². The first kappa shape index (κ1) is 35.7. The summed E-state index contributed by atoms with van der Waals surface area (Å²) in [7, 11) is 0. The van der Waals surface area contributed by atoms with Crippen LogP contribution < -0.4 is 20.1 Å². The van der Waals surface area contributed by atoms with E-state index in [9.17, 15) is 14.7 Å². The highest BCUT2D eigenvalue weighted by molar-refractivity contribution is 7.80. The minimum atomic E-state index is -0.862. The van der Waals surface area contributed by atoms with Crippen LogP contribution >= 0.6 is 23.6 Å². The molecule has 0 radical (unpaired) electrons. The Hall–Kier alpha value is -5.07. The van der Waals surface area contributed by atoms with E-state index in [-0.39, 0.29) is 40.6 Å². The van der Waals surface area contributed by atoms with Gasteiger partial charge in [0.05, 0.1) is 23.2 Å². The second kappa shape index (κ2) is 15.4. The molecule has 1 aliphatic heterocycles. The second-order valence-electron chi connectivity index (χ2n) is 13.6. The van der Waals surface area contributed by atoms with Crippen LogP contribution in [0.15, 0.2) is 91.1 Å². The standard InChI is InChI=1S/C39H39FN4O5S2/c1-39(2,3)34-19-25(16-18-44(34)38(46)47)23-48-28-12-9-26(10-13-28)33-22-30-36(51-33)32(15-17-41-30)49-31-14-11-27(21-29(31)40)42-37(50)43-35(45)20-24-7-5-4-6-8-24/h4-15,17,21-22,25,34H,16,18-20,23H2,1-3H3,(H,46,47)(H2,42,43,45,50). The van der Waals surface area contributed by atoms with Crippen molar-refractivity contribution in [1.82, 2.24) is 15.2 Å². The van der Waals surface area contributed by atoms with Crippen LogP contribution in [0.4, 0.5) is 14.9 Å². The molecule has 3 N–H and O–H groups in total. The van der Waals surface area contributed by atoms with Gasteiger partial charge >= 0.3 is 6.09 Å². The van der Waals surface area contributed by atoms with Gasteiger partial charge in [-0.3, -0.25) is 9.78 Å². The number of hydrogen-bond donors (Lipinski definition) is 3. The third kappa shape index (κ3) is 9.00. The quantitative estimate of drug-likeness (QED) is 0.129. The molecule has 5 aromatic rings. The molecular weight excluding hydrogens is 688 g/mol. The number of piperidine rings is 1. The number of amides is 2. The normalized spacial score (nSPS) is 16.0. The van der Waals surface area contributed by atoms with Crippen LogP contribution in [0.1, 0.15) is 39.2 Å². The highest BCUT2D eigenvalue weighted by Crippen LogP contribution is 2.40. The van der Waals surface area contributed by atoms with E-state index in [1.54, 1.807) is 23.2 Å². The van der Waals surface area contributed by atoms with E-state index in [2.05, 4.69) is 36.4 Å². The molecule has 2 unspecified atom stereocenters. The van der Waals surface area contributed by atoms with Crippen molar-refractivity contribution in [1.29, 1.82) is 0 Å². The highest BCUT2D eigenvalue weighted by atomic mass is 32.1. The molecule has 0 aliphatic carbocycles. The first-order valence-corrected chi connectivity index (χ1v) is 17.9. The molecule has 12 heteroatoms. The first-order chi connectivity index (χ1) is 24.4. The summed E-state index contributed by atoms with van der Waals surface area (Å²) in [6.45, 7) is 7.28. The molecular formula is C39H39FN4O5S2. The third-order valence-electron chi connectivity index (χ3n) is 8.83. The molecule has 1 saturated heterocycles. The van der Waals surface area contributed by atoms with Gasteiger partial charge in [0.1, 0.15) is 11.5 Å². The van der Waals surface area contributed by atoms with Crippen LogP contribution in [0.3, 0.4) is 0 Å². The summed E-state index contributed by atoms with van der Waals surface area (Å²) >= 11 is 6.74. The molecule has 2 amide bonds. The second-order valence-corrected chi connectivity index (χ2v) is 15.1. The lowest BCUT2D eigenvalue weighted by atomic mass is 9.77. The molecule has 0 spiro atoms. The van der Waals surface area contributed by atoms with Crippen molar-refractivity contribution in [2.24, 2.45) is 11.3 Å². The third-order valence-corrected chi connectivity index (χ3v) is 10.2. The number of thiophene rings is 1. The zero-order chi connectivity index (χ0) is 36.1. The molecule has 1 fully saturated rings. The van der Waals surface area contributed by atoms with Crippen LogP contribution in [-0.2, 0) is 11.2 Å². The Balaban J connectivity index is 1.06. The monoisotopic (exact) mass is 726 g/mol. The topological polar surface area (TPSA) is 113 Å². The zero-order valence-electron chi connectivity index (χ0n) is 28.5. The van der Waals surface area contributed by atoms with Crippen LogP contribution in [-0.4, -0.2) is 51.3 Å². The Bertz CT molecular complexity index is 2030. The summed E-state index contributed by atoms with van der Waals surface area (Å²) in [4.78, 5) is 31.1. The van der Waals surface area contributed by atoms with Crippen LogP contribution in [0.25, 0.3) is 20.7 Å². The van der Waals surface area contributed by atoms with E-state index in [4.69, 9.17) is 21.7 Å². The molecule has 2 aromatic heterocycles. The summed E-state index contributed by atoms with van der Waals surface area (Å²) in [5.41, 5.74) is 2.78. The number of anilines is 1. The summed E-state index contributed by atoms with van der Waals surface area (Å²) in [5.74, 6) is 0.648. The summed E-state index contributed by atoms with van der Waals surface area (Å²) in [6.07, 6.45) is 2.47. The minimum absolute atomic E-state index is 0.0333. The first-order valence-electron chi connectivity index (χ1n) is 16.7. The number of halogens is 1. The van der Waals surface area contributed by atoms with Crippen LogP contribution in [0.5, 0.6) is 17.2 Å². The number of nitrogens with one attached hydrogen (secondary N) is 2. The lowest BCUT2D eigenvalue weighted by molar-refractivity contribution is -0.119. The van der Waals surface area contributed by atoms with Gasteiger partial charge < -0.3 is 30.1 Å². The number of aromatic nitrogens is 1. The summed E-state index contributed by atoms with van der Waals surface area (Å²) < 4.78 is 28.2. The van der Waals surface area contributed by atoms with Crippen molar-refractivity contribution < 1.29 is 28.6 Å². The van der Waals surface area contributed by atoms with Gasteiger partial charge in [-0.05, 0) is 90.0 Å². The molecule has 1 aliphatic rings. The Morgan fingerprint density at radius 2 is 1.80 bits per heavy atom. The fourth-order valence-electron chi connectivity index (χ4n) is 6.20. The van der Waals surface area contributed by atoms with E-state index in [0.717, 1.165) is 44.8 Å². The fraction of sp³-hybridized carbons (Fsp3) is 0.282. The molecule has 6 rings (SSSR count). The van der Waals surface area contributed by atoms with Crippen molar-refractivity contribution >= 4 is 56.6 Å². The number of hydrogen-bond acceptors (Lipinski definition) is 7. The smallest absolute Gasteiger partial charge is 0.407 e. The molecule has 3 aromatic carbocycles. The molecule has 9 nitrogen and oxygen atoms in total. The Labute approximate surface area is 305 Å². The number of likely N-dealkylation sites (tertiary alicyclic amines) is 1. The van der Waals surface area contributed by atoms with Gasteiger partial charge in [-0.2, -0.15) is 0 Å². The number of fused-ring (bicyclic) bond motifs is 1. The largest absolute Gasteiger partial charge is 0.493 e. The average Bonchev–Trinajstić information content (AvgIpc) is 3.54. The number of rotatable bonds is 9. The van der Waals surface area contributed by atoms with Gasteiger partial charge in [0, 0.05) is 41.5 Å². The summed E-state index contributed by atoms with van der Waals surface area (Å²) in [6, 6.07) is 25.2. The van der Waals surface area contributed by atoms with E-state index < -0.39 is 11.9 Å². The van der Waals surface area contributed by atoms with E-state index in [1.807, 2.05) is 60.7 Å². The predicted molar refractivity (Wildman–Crippen MR) is 202 cm³/mol. The Morgan fingerprint density at radius 3 is 2.51 bits per heavy atom. The van der Waals surface area contributed by atoms with Gasteiger partial charge in [0.25, 0.3) is 0 Å². The lowest BCUT2D eigenvalue weighted by Gasteiger charge is -2.44. The van der Waals surface area contributed by atoms with Crippen molar-refractivity contribution in [3.63, 3.8) is 0 Å². The van der Waals surface area contributed by atoms with E-state index in [1.165, 1.54) is 23.5 Å². The number of ether oxygens (including phenoxy) is 2. The molecule has 0 saturated carbocycles. The number of carbonyl (C=O) groups is 2. The fourth-order valence-corrected chi connectivity index (χ4v) is 7.50. The molecule has 264 valence electrons. The highest BCUT2D eigenvalue weighted by Gasteiger charge is 2.38. The SMILES string of the molecule is CC(C)(C)C1CC(COc2ccc(-c3cc4nccc(Oc5ccc(NC(=S)NC(=O)Cc6ccccc6)cc5F)c4s3)cc2)CCN1C(=O)O. The Kier molecular flexibility index (Phi) is 10.8. The molecule has 2 atom stereocenters. The number of thiocarbonyl (C=S) groups is 1. The van der Waals surface area contributed by atoms with E-state index >= 15 is 4.39 Å². The zero-order valence-corrected chi connectivity index (χ0v) is 30.2. The molecule has 3 heterocycles. The number of pyridine rings is 1. The maximum Gasteiger partial charge on any atom is 0.407 e. The van der Waals surface area contributed by atoms with Crippen LogP contribution in [0.2, 0.25) is 0 Å². The maximum atomic E-state index is 15.2. The van der Waals surface area contributed by atoms with Crippen LogP contribution in [0, 0.1) is 17.2 Å². The van der Waals surface area contributed by atoms with Gasteiger partial charge in [0.15, 0.2) is 16.7 Å². The summed E-state index contributed by atoms with van der Waals surface area (Å²) in [5, 5.41) is 15.2. The average molecular weight is 727 g/mol. The van der Waals surface area contributed by atoms with Crippen molar-refractivity contribution in [2.75, 3.05) is 18.5 Å². The predicted octanol–water partition coefficient (Wildman–Crippen LogP) is 9.13. The van der Waals surface area contributed by atoms with Gasteiger partial charge in [-0.15, -0.1) is 11.3 Å². The van der Waals surface area contributed by atoms with Crippen molar-refractivity contribution in [3.05, 3.63) is 103 Å². The van der Waals surface area contributed by atoms with Crippen molar-refractivity contribution in [2.45, 2.75) is 46.1 Å².